The van der Waals surface area contributed by atoms with Gasteiger partial charge in [0.05, 0.1) is 34.8 Å². The number of hydrogen-bond acceptors (Lipinski definition) is 3. The van der Waals surface area contributed by atoms with E-state index < -0.39 is 10.0 Å². The van der Waals surface area contributed by atoms with Gasteiger partial charge in [0.1, 0.15) is 0 Å². The molecule has 0 saturated heterocycles. The first-order valence-electron chi connectivity index (χ1n) is 8.91. The summed E-state index contributed by atoms with van der Waals surface area (Å²) >= 11 is 0. The summed E-state index contributed by atoms with van der Waals surface area (Å²) in [5.74, 6) is 0.732. The van der Waals surface area contributed by atoms with Gasteiger partial charge in [0.15, 0.2) is 0 Å². The van der Waals surface area contributed by atoms with Gasteiger partial charge in [0, 0.05) is 0 Å². The zero-order chi connectivity index (χ0) is 19.2. The second-order valence-corrected chi connectivity index (χ2v) is 13.3. The minimum absolute atomic E-state index is 0.157. The van der Waals surface area contributed by atoms with E-state index in [2.05, 4.69) is 74.5 Å². The Labute approximate surface area is 152 Å². The first-order valence-corrected chi connectivity index (χ1v) is 11.5. The highest BCUT2D eigenvalue weighted by Gasteiger charge is 2.36. The van der Waals surface area contributed by atoms with Crippen LogP contribution in [0.5, 0.6) is 0 Å². The maximum absolute atomic E-state index is 6.29. The quantitative estimate of drug-likeness (QED) is 0.415. The molecule has 0 heterocycles. The van der Waals surface area contributed by atoms with Gasteiger partial charge in [-0.3, -0.25) is 0 Å². The predicted molar refractivity (Wildman–Crippen MR) is 109 cm³/mol. The van der Waals surface area contributed by atoms with Gasteiger partial charge in [-0.1, -0.05) is 6.08 Å². The van der Waals surface area contributed by atoms with Crippen molar-refractivity contribution in [3.05, 3.63) is 12.7 Å². The molecule has 24 heavy (non-hydrogen) atoms. The highest BCUT2D eigenvalue weighted by molar-refractivity contribution is 8.33. The molecular formula is C20H42O3S. The lowest BCUT2D eigenvalue weighted by Crippen LogP contribution is -2.38. The molecule has 0 radical (unpaired) electrons. The van der Waals surface area contributed by atoms with Gasteiger partial charge in [0.2, 0.25) is 0 Å². The van der Waals surface area contributed by atoms with Gasteiger partial charge >= 0.3 is 0 Å². The molecule has 0 bridgehead atoms. The molecule has 0 unspecified atom stereocenters. The van der Waals surface area contributed by atoms with Gasteiger partial charge in [0.25, 0.3) is 0 Å². The first-order chi connectivity index (χ1) is 10.6. The third-order valence-corrected chi connectivity index (χ3v) is 7.89. The van der Waals surface area contributed by atoms with Crippen LogP contribution in [0.3, 0.4) is 0 Å². The van der Waals surface area contributed by atoms with Crippen molar-refractivity contribution in [3.8, 4) is 0 Å². The van der Waals surface area contributed by atoms with Gasteiger partial charge in [-0.15, -0.1) is 6.58 Å². The Morgan fingerprint density at radius 2 is 1.50 bits per heavy atom. The molecule has 0 fully saturated rings. The monoisotopic (exact) mass is 362 g/mol. The summed E-state index contributed by atoms with van der Waals surface area (Å²) in [6.07, 6.45) is 8.43. The second kappa shape index (κ2) is 9.07. The third kappa shape index (κ3) is 8.89. The SMILES string of the molecule is C=CCC(C)(C)OCCC(C)(C)OCS(C)(C)C(C)(C)OC(C)C. The summed E-state index contributed by atoms with van der Waals surface area (Å²) in [7, 11) is -1.05. The van der Waals surface area contributed by atoms with Crippen LogP contribution in [0, 0.1) is 0 Å². The fourth-order valence-electron chi connectivity index (χ4n) is 2.20. The van der Waals surface area contributed by atoms with E-state index in [4.69, 9.17) is 14.2 Å². The van der Waals surface area contributed by atoms with Crippen molar-refractivity contribution < 1.29 is 14.2 Å². The number of ether oxygens (including phenoxy) is 3. The lowest BCUT2D eigenvalue weighted by atomic mass is 10.0. The zero-order valence-corrected chi connectivity index (χ0v) is 18.6. The predicted octanol–water partition coefficient (Wildman–Crippen LogP) is 5.73. The van der Waals surface area contributed by atoms with Gasteiger partial charge in [-0.25, -0.2) is 0 Å². The molecule has 0 aliphatic carbocycles. The molecule has 0 spiro atoms. The van der Waals surface area contributed by atoms with Crippen molar-refractivity contribution in [1.29, 1.82) is 0 Å². The maximum Gasteiger partial charge on any atom is 0.0945 e. The van der Waals surface area contributed by atoms with E-state index in [0.717, 1.165) is 18.8 Å². The summed E-state index contributed by atoms with van der Waals surface area (Å²) in [5, 5.41) is 0. The molecule has 0 aromatic rings. The van der Waals surface area contributed by atoms with Crippen LogP contribution >= 0.6 is 10.0 Å². The summed E-state index contributed by atoms with van der Waals surface area (Å²) in [5.41, 5.74) is -0.363. The van der Waals surface area contributed by atoms with Crippen LogP contribution in [0.4, 0.5) is 0 Å². The molecule has 146 valence electrons. The third-order valence-electron chi connectivity index (χ3n) is 4.43. The fourth-order valence-corrected chi connectivity index (χ4v) is 3.55. The van der Waals surface area contributed by atoms with Gasteiger partial charge < -0.3 is 14.2 Å². The van der Waals surface area contributed by atoms with Crippen LogP contribution in [0.2, 0.25) is 0 Å². The Bertz CT molecular complexity index is 384. The Kier molecular flexibility index (Phi) is 9.05. The second-order valence-electron chi connectivity index (χ2n) is 8.98. The molecule has 0 saturated carbocycles. The van der Waals surface area contributed by atoms with Crippen LogP contribution in [0.15, 0.2) is 12.7 Å². The van der Waals surface area contributed by atoms with Crippen molar-refractivity contribution in [3.63, 3.8) is 0 Å². The summed E-state index contributed by atoms with van der Waals surface area (Å²) < 4.78 is 18.4. The Morgan fingerprint density at radius 3 is 1.96 bits per heavy atom. The minimum Gasteiger partial charge on any atom is -0.375 e. The Morgan fingerprint density at radius 1 is 0.958 bits per heavy atom. The van der Waals surface area contributed by atoms with Crippen molar-refractivity contribution in [2.24, 2.45) is 0 Å². The Hall–Kier alpha value is -0.0300. The summed E-state index contributed by atoms with van der Waals surface area (Å²) in [6.45, 7) is 21.5. The first kappa shape index (κ1) is 24.0. The van der Waals surface area contributed by atoms with E-state index >= 15 is 0 Å². The highest BCUT2D eigenvalue weighted by atomic mass is 32.3. The summed E-state index contributed by atoms with van der Waals surface area (Å²) in [6, 6.07) is 0. The van der Waals surface area contributed by atoms with Crippen molar-refractivity contribution in [1.82, 2.24) is 0 Å². The van der Waals surface area contributed by atoms with Crippen molar-refractivity contribution in [2.45, 2.75) is 90.5 Å². The molecule has 0 amide bonds. The van der Waals surface area contributed by atoms with Gasteiger partial charge in [-0.2, -0.15) is 10.0 Å². The van der Waals surface area contributed by atoms with E-state index in [0.29, 0.717) is 6.61 Å². The molecule has 4 heteroatoms. The van der Waals surface area contributed by atoms with Crippen LogP contribution in [-0.4, -0.2) is 47.3 Å². The van der Waals surface area contributed by atoms with Crippen LogP contribution in [0.25, 0.3) is 0 Å². The van der Waals surface area contributed by atoms with Gasteiger partial charge in [-0.05, 0) is 80.7 Å². The van der Waals surface area contributed by atoms with E-state index in [-0.39, 0.29) is 22.2 Å². The molecule has 0 N–H and O–H groups in total. The molecule has 0 aliphatic heterocycles. The Balaban J connectivity index is 4.52. The molecular weight excluding hydrogens is 320 g/mol. The largest absolute Gasteiger partial charge is 0.375 e. The topological polar surface area (TPSA) is 27.7 Å². The maximum atomic E-state index is 6.29. The van der Waals surface area contributed by atoms with E-state index in [1.807, 2.05) is 6.08 Å². The molecule has 0 aromatic carbocycles. The zero-order valence-electron chi connectivity index (χ0n) is 17.8. The minimum atomic E-state index is -1.05. The number of hydrogen-bond donors (Lipinski definition) is 0. The van der Waals surface area contributed by atoms with Crippen molar-refractivity contribution in [2.75, 3.05) is 25.1 Å². The average molecular weight is 363 g/mol. The molecule has 0 atom stereocenters. The van der Waals surface area contributed by atoms with E-state index in [1.165, 1.54) is 0 Å². The lowest BCUT2D eigenvalue weighted by Gasteiger charge is -2.48. The number of rotatable bonds is 12. The molecule has 3 nitrogen and oxygen atoms in total. The smallest absolute Gasteiger partial charge is 0.0945 e. The summed E-state index contributed by atoms with van der Waals surface area (Å²) in [4.78, 5) is -0.167. The molecule has 0 aliphatic rings. The molecule has 0 aromatic heterocycles. The standard InChI is InChI=1S/C20H42O3S/c1-12-13-18(4,5)21-15-14-19(6,7)22-16-24(10,11)20(8,9)23-17(2)3/h12,17H,1,13-16H2,2-11H3. The van der Waals surface area contributed by atoms with Crippen molar-refractivity contribution >= 4 is 10.0 Å². The highest BCUT2D eigenvalue weighted by Crippen LogP contribution is 2.54. The van der Waals surface area contributed by atoms with E-state index in [1.54, 1.807) is 0 Å². The van der Waals surface area contributed by atoms with Crippen LogP contribution in [-0.2, 0) is 14.2 Å². The average Bonchev–Trinajstić information content (AvgIpc) is 2.34. The van der Waals surface area contributed by atoms with Crippen LogP contribution < -0.4 is 0 Å². The molecule has 0 rings (SSSR count). The normalized spacial score (nSPS) is 15.0. The fraction of sp³-hybridized carbons (Fsp3) is 0.900. The van der Waals surface area contributed by atoms with E-state index in [9.17, 15) is 0 Å². The lowest BCUT2D eigenvalue weighted by molar-refractivity contribution is -0.0614. The van der Waals surface area contributed by atoms with Crippen LogP contribution in [0.1, 0.15) is 68.2 Å².